The minimum absolute atomic E-state index is 0.0300. The predicted octanol–water partition coefficient (Wildman–Crippen LogP) is 1.52. The number of anilines is 2. The van der Waals surface area contributed by atoms with E-state index in [2.05, 4.69) is 5.32 Å². The SMILES string of the molecule is CNc1c(N)cc(C(C)=O)cc1OC. The third-order valence-corrected chi connectivity index (χ3v) is 2.01. The molecule has 0 atom stereocenters. The second kappa shape index (κ2) is 4.00. The van der Waals surface area contributed by atoms with Crippen LogP contribution in [0.4, 0.5) is 11.4 Å². The van der Waals surface area contributed by atoms with Crippen LogP contribution in [0.2, 0.25) is 0 Å². The van der Waals surface area contributed by atoms with Crippen LogP contribution in [0.25, 0.3) is 0 Å². The summed E-state index contributed by atoms with van der Waals surface area (Å²) < 4.78 is 5.11. The standard InChI is InChI=1S/C10H14N2O2/c1-6(13)7-4-8(11)10(12-2)9(5-7)14-3/h4-5,12H,11H2,1-3H3. The monoisotopic (exact) mass is 194 g/mol. The number of hydrogen-bond acceptors (Lipinski definition) is 4. The molecule has 0 aliphatic carbocycles. The topological polar surface area (TPSA) is 64.3 Å². The molecule has 4 nitrogen and oxygen atoms in total. The molecule has 3 N–H and O–H groups in total. The van der Waals surface area contributed by atoms with Gasteiger partial charge >= 0.3 is 0 Å². The summed E-state index contributed by atoms with van der Waals surface area (Å²) >= 11 is 0. The first-order valence-corrected chi connectivity index (χ1v) is 4.26. The third-order valence-electron chi connectivity index (χ3n) is 2.01. The normalized spacial score (nSPS) is 9.64. The van der Waals surface area contributed by atoms with E-state index in [0.29, 0.717) is 22.7 Å². The van der Waals surface area contributed by atoms with E-state index in [4.69, 9.17) is 10.5 Å². The van der Waals surface area contributed by atoms with E-state index in [9.17, 15) is 4.79 Å². The van der Waals surface area contributed by atoms with Gasteiger partial charge in [0, 0.05) is 12.6 Å². The second-order valence-corrected chi connectivity index (χ2v) is 2.95. The molecule has 0 bridgehead atoms. The lowest BCUT2D eigenvalue weighted by Gasteiger charge is -2.12. The van der Waals surface area contributed by atoms with Crippen LogP contribution in [-0.4, -0.2) is 19.9 Å². The first kappa shape index (κ1) is 10.4. The number of methoxy groups -OCH3 is 1. The van der Waals surface area contributed by atoms with Crippen LogP contribution >= 0.6 is 0 Å². The Kier molecular flexibility index (Phi) is 2.96. The Balaban J connectivity index is 3.31. The maximum atomic E-state index is 11.1. The number of ether oxygens (including phenoxy) is 1. The van der Waals surface area contributed by atoms with Crippen molar-refractivity contribution >= 4 is 17.2 Å². The van der Waals surface area contributed by atoms with Gasteiger partial charge in [-0.15, -0.1) is 0 Å². The highest BCUT2D eigenvalue weighted by molar-refractivity contribution is 5.97. The van der Waals surface area contributed by atoms with E-state index in [1.807, 2.05) is 0 Å². The number of rotatable bonds is 3. The second-order valence-electron chi connectivity index (χ2n) is 2.95. The smallest absolute Gasteiger partial charge is 0.160 e. The van der Waals surface area contributed by atoms with Crippen LogP contribution in [0.3, 0.4) is 0 Å². The Hall–Kier alpha value is -1.71. The van der Waals surface area contributed by atoms with E-state index < -0.39 is 0 Å². The average molecular weight is 194 g/mol. The molecule has 0 saturated heterocycles. The summed E-state index contributed by atoms with van der Waals surface area (Å²) in [5, 5.41) is 2.92. The Morgan fingerprint density at radius 2 is 2.14 bits per heavy atom. The zero-order valence-corrected chi connectivity index (χ0v) is 8.55. The quantitative estimate of drug-likeness (QED) is 0.565. The van der Waals surface area contributed by atoms with Crippen molar-refractivity contribution in [3.8, 4) is 5.75 Å². The van der Waals surface area contributed by atoms with Gasteiger partial charge in [0.15, 0.2) is 5.78 Å². The van der Waals surface area contributed by atoms with Crippen LogP contribution < -0.4 is 15.8 Å². The molecule has 76 valence electrons. The van der Waals surface area contributed by atoms with Crippen LogP contribution in [0.1, 0.15) is 17.3 Å². The molecule has 0 spiro atoms. The highest BCUT2D eigenvalue weighted by Crippen LogP contribution is 2.31. The molecular formula is C10H14N2O2. The van der Waals surface area contributed by atoms with Crippen molar-refractivity contribution in [3.63, 3.8) is 0 Å². The van der Waals surface area contributed by atoms with E-state index in [1.54, 1.807) is 26.3 Å². The van der Waals surface area contributed by atoms with Gasteiger partial charge in [0.25, 0.3) is 0 Å². The van der Waals surface area contributed by atoms with E-state index in [0.717, 1.165) is 0 Å². The molecule has 0 heterocycles. The van der Waals surface area contributed by atoms with E-state index >= 15 is 0 Å². The van der Waals surface area contributed by atoms with Crippen molar-refractivity contribution in [2.24, 2.45) is 0 Å². The van der Waals surface area contributed by atoms with Crippen molar-refractivity contribution in [1.29, 1.82) is 0 Å². The molecule has 0 amide bonds. The predicted molar refractivity (Wildman–Crippen MR) is 57.0 cm³/mol. The van der Waals surface area contributed by atoms with Gasteiger partial charge in [0.05, 0.1) is 18.5 Å². The molecule has 0 aliphatic rings. The number of carbonyl (C=O) groups is 1. The molecular weight excluding hydrogens is 180 g/mol. The number of nitrogens with two attached hydrogens (primary N) is 1. The summed E-state index contributed by atoms with van der Waals surface area (Å²) in [6.07, 6.45) is 0. The number of benzene rings is 1. The van der Waals surface area contributed by atoms with Crippen molar-refractivity contribution in [2.75, 3.05) is 25.2 Å². The lowest BCUT2D eigenvalue weighted by atomic mass is 10.1. The minimum Gasteiger partial charge on any atom is -0.494 e. The Morgan fingerprint density at radius 1 is 1.50 bits per heavy atom. The van der Waals surface area contributed by atoms with Crippen LogP contribution in [0.5, 0.6) is 5.75 Å². The molecule has 0 saturated carbocycles. The van der Waals surface area contributed by atoms with Crippen molar-refractivity contribution in [2.45, 2.75) is 6.92 Å². The molecule has 1 aromatic carbocycles. The number of nitrogen functional groups attached to an aromatic ring is 1. The fourth-order valence-electron chi connectivity index (χ4n) is 1.27. The number of carbonyl (C=O) groups excluding carboxylic acids is 1. The van der Waals surface area contributed by atoms with Gasteiger partial charge in [-0.25, -0.2) is 0 Å². The van der Waals surface area contributed by atoms with E-state index in [-0.39, 0.29) is 5.78 Å². The first-order valence-electron chi connectivity index (χ1n) is 4.26. The summed E-state index contributed by atoms with van der Waals surface area (Å²) in [6, 6.07) is 3.31. The van der Waals surface area contributed by atoms with Gasteiger partial charge in [0.1, 0.15) is 5.75 Å². The van der Waals surface area contributed by atoms with Gasteiger partial charge in [-0.05, 0) is 19.1 Å². The van der Waals surface area contributed by atoms with Gasteiger partial charge in [-0.3, -0.25) is 4.79 Å². The highest BCUT2D eigenvalue weighted by Gasteiger charge is 2.10. The molecule has 0 aliphatic heterocycles. The highest BCUT2D eigenvalue weighted by atomic mass is 16.5. The Bertz CT molecular complexity index is 361. The largest absolute Gasteiger partial charge is 0.494 e. The minimum atomic E-state index is -0.0300. The zero-order chi connectivity index (χ0) is 10.7. The van der Waals surface area contributed by atoms with Gasteiger partial charge in [-0.2, -0.15) is 0 Å². The van der Waals surface area contributed by atoms with Crippen LogP contribution in [0, 0.1) is 0 Å². The lowest BCUT2D eigenvalue weighted by Crippen LogP contribution is -2.02. The third kappa shape index (κ3) is 1.79. The van der Waals surface area contributed by atoms with Gasteiger partial charge in [0.2, 0.25) is 0 Å². The van der Waals surface area contributed by atoms with Crippen molar-refractivity contribution in [1.82, 2.24) is 0 Å². The maximum absolute atomic E-state index is 11.1. The number of nitrogens with one attached hydrogen (secondary N) is 1. The zero-order valence-electron chi connectivity index (χ0n) is 8.55. The molecule has 0 aromatic heterocycles. The molecule has 0 fully saturated rings. The first-order chi connectivity index (χ1) is 6.60. The Labute approximate surface area is 83.1 Å². The molecule has 0 unspecified atom stereocenters. The lowest BCUT2D eigenvalue weighted by molar-refractivity contribution is 0.101. The number of ketones is 1. The van der Waals surface area contributed by atoms with Crippen LogP contribution in [-0.2, 0) is 0 Å². The molecule has 0 radical (unpaired) electrons. The summed E-state index contributed by atoms with van der Waals surface area (Å²) in [5.74, 6) is 0.551. The fraction of sp³-hybridized carbons (Fsp3) is 0.300. The molecule has 14 heavy (non-hydrogen) atoms. The Morgan fingerprint density at radius 3 is 2.57 bits per heavy atom. The summed E-state index contributed by atoms with van der Waals surface area (Å²) in [4.78, 5) is 11.1. The van der Waals surface area contributed by atoms with Crippen LogP contribution in [0.15, 0.2) is 12.1 Å². The molecule has 1 rings (SSSR count). The average Bonchev–Trinajstić information content (AvgIpc) is 2.16. The summed E-state index contributed by atoms with van der Waals surface area (Å²) in [7, 11) is 3.29. The number of Topliss-reactive ketones (excluding diaryl/α,β-unsaturated/α-hetero) is 1. The number of hydrogen-bond donors (Lipinski definition) is 2. The fourth-order valence-corrected chi connectivity index (χ4v) is 1.27. The maximum Gasteiger partial charge on any atom is 0.160 e. The van der Waals surface area contributed by atoms with Crippen molar-refractivity contribution < 1.29 is 9.53 Å². The van der Waals surface area contributed by atoms with Crippen molar-refractivity contribution in [3.05, 3.63) is 17.7 Å². The summed E-state index contributed by atoms with van der Waals surface area (Å²) in [6.45, 7) is 1.49. The van der Waals surface area contributed by atoms with Gasteiger partial charge < -0.3 is 15.8 Å². The summed E-state index contributed by atoms with van der Waals surface area (Å²) in [5.41, 5.74) is 7.52. The van der Waals surface area contributed by atoms with Gasteiger partial charge in [-0.1, -0.05) is 0 Å². The molecule has 4 heteroatoms. The van der Waals surface area contributed by atoms with E-state index in [1.165, 1.54) is 6.92 Å². The molecule has 1 aromatic rings.